The number of carbonyl (C=O) groups is 2. The Bertz CT molecular complexity index is 585. The molecule has 0 aromatic heterocycles. The Hall–Kier alpha value is -1.46. The second-order valence-corrected chi connectivity index (χ2v) is 7.14. The summed E-state index contributed by atoms with van der Waals surface area (Å²) in [6, 6.07) is 4.77. The number of nitrogens with one attached hydrogen (secondary N) is 1. The molecule has 2 amide bonds. The average Bonchev–Trinajstić information content (AvgIpc) is 2.39. The number of halogens is 2. The van der Waals surface area contributed by atoms with Crippen LogP contribution in [-0.2, 0) is 9.59 Å². The van der Waals surface area contributed by atoms with Crippen LogP contribution in [0.1, 0.15) is 27.7 Å². The first-order valence-electron chi connectivity index (χ1n) is 7.17. The summed E-state index contributed by atoms with van der Waals surface area (Å²) in [7, 11) is 1.55. The molecule has 0 fully saturated rings. The minimum absolute atomic E-state index is 0.0365. The molecule has 1 rings (SSSR count). The summed E-state index contributed by atoms with van der Waals surface area (Å²) in [6.45, 7) is 7.21. The number of benzene rings is 1. The fourth-order valence-corrected chi connectivity index (χ4v) is 2.15. The summed E-state index contributed by atoms with van der Waals surface area (Å²) >= 11 is 11.7. The predicted molar refractivity (Wildman–Crippen MR) is 92.1 cm³/mol. The second-order valence-electron chi connectivity index (χ2n) is 6.33. The van der Waals surface area contributed by atoms with E-state index in [-0.39, 0.29) is 23.9 Å². The van der Waals surface area contributed by atoms with Crippen LogP contribution in [-0.4, -0.2) is 41.9 Å². The highest BCUT2D eigenvalue weighted by Crippen LogP contribution is 2.26. The molecule has 0 spiro atoms. The van der Waals surface area contributed by atoms with E-state index in [0.29, 0.717) is 15.8 Å². The highest BCUT2D eigenvalue weighted by atomic mass is 35.5. The van der Waals surface area contributed by atoms with Crippen LogP contribution in [0.15, 0.2) is 18.2 Å². The minimum atomic E-state index is -0.750. The van der Waals surface area contributed by atoms with E-state index in [1.807, 2.05) is 20.8 Å². The van der Waals surface area contributed by atoms with Crippen molar-refractivity contribution in [2.24, 2.45) is 0 Å². The van der Waals surface area contributed by atoms with Crippen LogP contribution in [0.4, 0.5) is 0 Å². The van der Waals surface area contributed by atoms with Gasteiger partial charge in [0.2, 0.25) is 5.91 Å². The number of hydrogen-bond acceptors (Lipinski definition) is 3. The number of hydrogen-bond donors (Lipinski definition) is 1. The molecule has 0 aliphatic heterocycles. The van der Waals surface area contributed by atoms with Crippen molar-refractivity contribution in [1.29, 1.82) is 0 Å². The summed E-state index contributed by atoms with van der Waals surface area (Å²) in [5.74, 6) is -0.0944. The molecule has 7 heteroatoms. The molecule has 0 radical (unpaired) electrons. The van der Waals surface area contributed by atoms with E-state index in [4.69, 9.17) is 27.9 Å². The number of carbonyl (C=O) groups excluding carboxylic acids is 2. The third-order valence-electron chi connectivity index (χ3n) is 2.82. The molecule has 0 aliphatic rings. The van der Waals surface area contributed by atoms with Crippen LogP contribution in [0.2, 0.25) is 10.0 Å². The van der Waals surface area contributed by atoms with Gasteiger partial charge >= 0.3 is 0 Å². The van der Waals surface area contributed by atoms with Gasteiger partial charge in [0, 0.05) is 18.7 Å². The Balaban J connectivity index is 2.61. The zero-order valence-corrected chi connectivity index (χ0v) is 15.5. The number of nitrogens with zero attached hydrogens (tertiary/aromatic N) is 1. The van der Waals surface area contributed by atoms with Crippen molar-refractivity contribution in [2.45, 2.75) is 39.3 Å². The fraction of sp³-hybridized carbons (Fsp3) is 0.500. The van der Waals surface area contributed by atoms with Crippen molar-refractivity contribution in [1.82, 2.24) is 10.2 Å². The van der Waals surface area contributed by atoms with Crippen LogP contribution in [0, 0.1) is 0 Å². The highest BCUT2D eigenvalue weighted by Gasteiger charge is 2.23. The predicted octanol–water partition coefficient (Wildman–Crippen LogP) is 3.13. The molecule has 0 aliphatic carbocycles. The highest BCUT2D eigenvalue weighted by molar-refractivity contribution is 6.42. The van der Waals surface area contributed by atoms with Gasteiger partial charge in [-0.15, -0.1) is 0 Å². The summed E-state index contributed by atoms with van der Waals surface area (Å²) in [4.78, 5) is 25.4. The molecule has 23 heavy (non-hydrogen) atoms. The van der Waals surface area contributed by atoms with Gasteiger partial charge in [0.05, 0.1) is 16.6 Å². The first kappa shape index (κ1) is 19.6. The van der Waals surface area contributed by atoms with Crippen molar-refractivity contribution < 1.29 is 14.3 Å². The van der Waals surface area contributed by atoms with Crippen LogP contribution < -0.4 is 10.1 Å². The molecule has 1 atom stereocenters. The van der Waals surface area contributed by atoms with E-state index in [1.54, 1.807) is 32.2 Å². The Labute approximate surface area is 146 Å². The molecule has 0 saturated carbocycles. The van der Waals surface area contributed by atoms with Gasteiger partial charge in [-0.25, -0.2) is 0 Å². The van der Waals surface area contributed by atoms with Gasteiger partial charge in [-0.3, -0.25) is 9.59 Å². The quantitative estimate of drug-likeness (QED) is 0.877. The summed E-state index contributed by atoms with van der Waals surface area (Å²) in [5.41, 5.74) is -0.344. The number of ether oxygens (including phenoxy) is 1. The fourth-order valence-electron chi connectivity index (χ4n) is 1.87. The van der Waals surface area contributed by atoms with Crippen LogP contribution >= 0.6 is 23.2 Å². The smallest absolute Gasteiger partial charge is 0.263 e. The molecule has 128 valence electrons. The van der Waals surface area contributed by atoms with Gasteiger partial charge in [-0.05, 0) is 39.8 Å². The van der Waals surface area contributed by atoms with Crippen molar-refractivity contribution in [2.75, 3.05) is 13.6 Å². The van der Waals surface area contributed by atoms with Crippen LogP contribution in [0.5, 0.6) is 5.75 Å². The molecule has 1 aromatic carbocycles. The molecule has 0 heterocycles. The lowest BCUT2D eigenvalue weighted by atomic mass is 10.1. The van der Waals surface area contributed by atoms with Gasteiger partial charge in [-0.2, -0.15) is 0 Å². The lowest BCUT2D eigenvalue weighted by Crippen LogP contribution is -2.48. The van der Waals surface area contributed by atoms with E-state index in [0.717, 1.165) is 0 Å². The summed E-state index contributed by atoms with van der Waals surface area (Å²) in [6.07, 6.45) is -0.750. The SMILES string of the molecule is CC(Oc1ccc(Cl)c(Cl)c1)C(=O)N(C)CC(=O)NC(C)(C)C. The zero-order chi connectivity index (χ0) is 17.8. The monoisotopic (exact) mass is 360 g/mol. The Morgan fingerprint density at radius 3 is 2.39 bits per heavy atom. The molecule has 0 bridgehead atoms. The number of amides is 2. The standard InChI is InChI=1S/C16H22Cl2N2O3/c1-10(23-11-6-7-12(17)13(18)8-11)15(22)20(5)9-14(21)19-16(2,3)4/h6-8,10H,9H2,1-5H3,(H,19,21). The normalized spacial score (nSPS) is 12.5. The maximum atomic E-state index is 12.3. The molecular formula is C16H22Cl2N2O3. The van der Waals surface area contributed by atoms with Gasteiger partial charge in [0.25, 0.3) is 5.91 Å². The van der Waals surface area contributed by atoms with Gasteiger partial charge in [0.1, 0.15) is 5.75 Å². The Morgan fingerprint density at radius 1 is 1.26 bits per heavy atom. The molecule has 1 unspecified atom stereocenters. The Kier molecular flexibility index (Phi) is 6.71. The van der Waals surface area contributed by atoms with Gasteiger partial charge in [-0.1, -0.05) is 23.2 Å². The maximum absolute atomic E-state index is 12.3. The van der Waals surface area contributed by atoms with Crippen LogP contribution in [0.25, 0.3) is 0 Å². The molecule has 0 saturated heterocycles. The second kappa shape index (κ2) is 7.88. The molecular weight excluding hydrogens is 339 g/mol. The van der Waals surface area contributed by atoms with E-state index in [1.165, 1.54) is 4.90 Å². The third kappa shape index (κ3) is 6.67. The third-order valence-corrected chi connectivity index (χ3v) is 3.56. The van der Waals surface area contributed by atoms with E-state index >= 15 is 0 Å². The lowest BCUT2D eigenvalue weighted by Gasteiger charge is -2.25. The topological polar surface area (TPSA) is 58.6 Å². The van der Waals surface area contributed by atoms with Crippen molar-refractivity contribution in [3.05, 3.63) is 28.2 Å². The van der Waals surface area contributed by atoms with Crippen molar-refractivity contribution in [3.8, 4) is 5.75 Å². The molecule has 5 nitrogen and oxygen atoms in total. The first-order valence-corrected chi connectivity index (χ1v) is 7.93. The van der Waals surface area contributed by atoms with Gasteiger partial charge < -0.3 is 15.0 Å². The van der Waals surface area contributed by atoms with E-state index in [2.05, 4.69) is 5.32 Å². The lowest BCUT2D eigenvalue weighted by molar-refractivity contribution is -0.140. The minimum Gasteiger partial charge on any atom is -0.481 e. The van der Waals surface area contributed by atoms with E-state index < -0.39 is 6.10 Å². The van der Waals surface area contributed by atoms with Crippen molar-refractivity contribution >= 4 is 35.0 Å². The zero-order valence-electron chi connectivity index (χ0n) is 13.9. The van der Waals surface area contributed by atoms with Crippen molar-refractivity contribution in [3.63, 3.8) is 0 Å². The van der Waals surface area contributed by atoms with Crippen LogP contribution in [0.3, 0.4) is 0 Å². The average molecular weight is 361 g/mol. The summed E-state index contributed by atoms with van der Waals surface area (Å²) < 4.78 is 5.55. The number of likely N-dealkylation sites (N-methyl/N-ethyl adjacent to an activating group) is 1. The molecule has 1 N–H and O–H groups in total. The first-order chi connectivity index (χ1) is 10.5. The van der Waals surface area contributed by atoms with E-state index in [9.17, 15) is 9.59 Å². The maximum Gasteiger partial charge on any atom is 0.263 e. The Morgan fingerprint density at radius 2 is 1.87 bits per heavy atom. The number of rotatable bonds is 5. The summed E-state index contributed by atoms with van der Waals surface area (Å²) in [5, 5.41) is 3.56. The largest absolute Gasteiger partial charge is 0.481 e. The van der Waals surface area contributed by atoms with Gasteiger partial charge in [0.15, 0.2) is 6.10 Å². The molecule has 1 aromatic rings.